The Bertz CT molecular complexity index is 1110. The van der Waals surface area contributed by atoms with Crippen LogP contribution in [-0.4, -0.2) is 24.5 Å². The van der Waals surface area contributed by atoms with Crippen LogP contribution in [0.3, 0.4) is 0 Å². The molecule has 2 N–H and O–H groups in total. The quantitative estimate of drug-likeness (QED) is 0.677. The van der Waals surface area contributed by atoms with Crippen molar-refractivity contribution in [1.29, 1.82) is 0 Å². The Balaban J connectivity index is 0.00000225. The maximum Gasteiger partial charge on any atom is 0.268 e. The number of halogens is 1. The highest BCUT2D eigenvalue weighted by Gasteiger charge is 2.28. The number of aryl methyl sites for hydroxylation is 1. The van der Waals surface area contributed by atoms with Gasteiger partial charge in [-0.25, -0.2) is 12.4 Å². The van der Waals surface area contributed by atoms with Gasteiger partial charge in [-0.3, -0.25) is 0 Å². The number of nitrogens with one attached hydrogen (secondary N) is 1. The maximum atomic E-state index is 13.4. The third kappa shape index (κ3) is 3.43. The third-order valence-corrected chi connectivity index (χ3v) is 6.71. The average molecular weight is 419 g/mol. The van der Waals surface area contributed by atoms with Gasteiger partial charge < -0.3 is 10.4 Å². The predicted molar refractivity (Wildman–Crippen MR) is 113 cm³/mol. The maximum absolute atomic E-state index is 13.4. The zero-order valence-electron chi connectivity index (χ0n) is 15.6. The van der Waals surface area contributed by atoms with E-state index in [0.29, 0.717) is 6.54 Å². The number of rotatable bonds is 4. The molecule has 0 unspecified atom stereocenters. The van der Waals surface area contributed by atoms with E-state index in [9.17, 15) is 13.5 Å². The highest BCUT2D eigenvalue weighted by atomic mass is 35.5. The fraction of sp³-hybridized carbons (Fsp3) is 0.238. The molecule has 28 heavy (non-hydrogen) atoms. The molecule has 4 rings (SSSR count). The Hall–Kier alpha value is -2.28. The summed E-state index contributed by atoms with van der Waals surface area (Å²) in [6.07, 6.45) is 4.47. The van der Waals surface area contributed by atoms with E-state index >= 15 is 0 Å². The summed E-state index contributed by atoms with van der Waals surface area (Å²) >= 11 is 0. The van der Waals surface area contributed by atoms with Crippen LogP contribution in [0.5, 0.6) is 5.75 Å². The highest BCUT2D eigenvalue weighted by Crippen LogP contribution is 2.37. The smallest absolute Gasteiger partial charge is 0.268 e. The molecule has 0 atom stereocenters. The Labute approximate surface area is 171 Å². The standard InChI is InChI=1S/C21H22N2O3S.ClH/c1-22-13-16-14-23(27(25,26)18-9-5-8-17(24)12-18)21-19-10-3-2-6-15(19)7-4-11-20(16)21;/h2-3,5-6,8-10,12,14,22,24H,4,7,11,13H2,1H3;1H. The van der Waals surface area contributed by atoms with Gasteiger partial charge in [-0.2, -0.15) is 0 Å². The highest BCUT2D eigenvalue weighted by molar-refractivity contribution is 7.90. The molecule has 0 saturated carbocycles. The molecule has 2 aromatic carbocycles. The summed E-state index contributed by atoms with van der Waals surface area (Å²) in [6.45, 7) is 0.604. The normalized spacial score (nSPS) is 13.2. The molecule has 0 bridgehead atoms. The first-order valence-corrected chi connectivity index (χ1v) is 10.5. The van der Waals surface area contributed by atoms with Gasteiger partial charge in [0.05, 0.1) is 10.6 Å². The lowest BCUT2D eigenvalue weighted by atomic mass is 10.0. The second-order valence-electron chi connectivity index (χ2n) is 6.82. The fourth-order valence-corrected chi connectivity index (χ4v) is 5.31. The third-order valence-electron chi connectivity index (χ3n) is 5.05. The van der Waals surface area contributed by atoms with E-state index in [-0.39, 0.29) is 23.1 Å². The van der Waals surface area contributed by atoms with Crippen molar-refractivity contribution in [2.45, 2.75) is 30.7 Å². The summed E-state index contributed by atoms with van der Waals surface area (Å²) in [6, 6.07) is 13.8. The van der Waals surface area contributed by atoms with Crippen LogP contribution < -0.4 is 5.32 Å². The Morgan fingerprint density at radius 2 is 1.89 bits per heavy atom. The van der Waals surface area contributed by atoms with Gasteiger partial charge in [0, 0.05) is 24.4 Å². The van der Waals surface area contributed by atoms with Crippen LogP contribution in [-0.2, 0) is 29.4 Å². The van der Waals surface area contributed by atoms with Crippen molar-refractivity contribution < 1.29 is 13.5 Å². The number of fused-ring (bicyclic) bond motifs is 3. The molecule has 0 amide bonds. The van der Waals surface area contributed by atoms with E-state index < -0.39 is 10.0 Å². The monoisotopic (exact) mass is 418 g/mol. The predicted octanol–water partition coefficient (Wildman–Crippen LogP) is 3.73. The zero-order valence-corrected chi connectivity index (χ0v) is 17.2. The number of phenols is 1. The Morgan fingerprint density at radius 1 is 1.11 bits per heavy atom. The molecule has 148 valence electrons. The topological polar surface area (TPSA) is 71.3 Å². The van der Waals surface area contributed by atoms with E-state index in [1.165, 1.54) is 22.2 Å². The van der Waals surface area contributed by atoms with Crippen LogP contribution in [0.1, 0.15) is 23.1 Å². The van der Waals surface area contributed by atoms with E-state index in [1.54, 1.807) is 12.3 Å². The molecule has 5 nitrogen and oxygen atoms in total. The van der Waals surface area contributed by atoms with Crippen LogP contribution in [0.4, 0.5) is 0 Å². The summed E-state index contributed by atoms with van der Waals surface area (Å²) < 4.78 is 28.3. The first-order chi connectivity index (χ1) is 13.0. The fourth-order valence-electron chi connectivity index (χ4n) is 3.84. The van der Waals surface area contributed by atoms with Gasteiger partial charge in [0.1, 0.15) is 5.75 Å². The molecular formula is C21H23ClN2O3S. The number of aromatic nitrogens is 1. The minimum Gasteiger partial charge on any atom is -0.508 e. The van der Waals surface area contributed by atoms with Gasteiger partial charge in [-0.15, -0.1) is 12.4 Å². The molecule has 1 aliphatic rings. The van der Waals surface area contributed by atoms with E-state index in [2.05, 4.69) is 11.4 Å². The van der Waals surface area contributed by atoms with Crippen LogP contribution in [0.15, 0.2) is 59.6 Å². The number of hydrogen-bond donors (Lipinski definition) is 2. The summed E-state index contributed by atoms with van der Waals surface area (Å²) in [5, 5.41) is 12.9. The molecule has 3 aromatic rings. The van der Waals surface area contributed by atoms with Gasteiger partial charge in [-0.1, -0.05) is 30.3 Å². The van der Waals surface area contributed by atoms with E-state index in [4.69, 9.17) is 0 Å². The van der Waals surface area contributed by atoms with Gasteiger partial charge in [0.25, 0.3) is 10.0 Å². The van der Waals surface area contributed by atoms with Crippen molar-refractivity contribution in [1.82, 2.24) is 9.29 Å². The molecule has 0 aliphatic heterocycles. The van der Waals surface area contributed by atoms with E-state index in [0.717, 1.165) is 47.2 Å². The Kier molecular flexibility index (Phi) is 5.84. The molecule has 1 aliphatic carbocycles. The van der Waals surface area contributed by atoms with Crippen molar-refractivity contribution in [2.75, 3.05) is 7.05 Å². The number of hydrogen-bond acceptors (Lipinski definition) is 4. The molecular weight excluding hydrogens is 396 g/mol. The summed E-state index contributed by atoms with van der Waals surface area (Å²) in [5.74, 6) is -0.0647. The number of phenolic OH excluding ortho intramolecular Hbond substituents is 1. The molecule has 0 fully saturated rings. The van der Waals surface area contributed by atoms with Crippen molar-refractivity contribution in [3.63, 3.8) is 0 Å². The van der Waals surface area contributed by atoms with Crippen molar-refractivity contribution in [3.8, 4) is 17.0 Å². The molecule has 0 spiro atoms. The van der Waals surface area contributed by atoms with Crippen LogP contribution in [0.25, 0.3) is 11.3 Å². The van der Waals surface area contributed by atoms with Crippen LogP contribution in [0, 0.1) is 0 Å². The van der Waals surface area contributed by atoms with Gasteiger partial charge in [0.15, 0.2) is 0 Å². The summed E-state index contributed by atoms with van der Waals surface area (Å²) in [7, 11) is -1.97. The summed E-state index contributed by atoms with van der Waals surface area (Å²) in [4.78, 5) is 0.0815. The Morgan fingerprint density at radius 3 is 2.64 bits per heavy atom. The van der Waals surface area contributed by atoms with Gasteiger partial charge >= 0.3 is 0 Å². The molecule has 0 radical (unpaired) electrons. The molecule has 1 heterocycles. The zero-order chi connectivity index (χ0) is 19.0. The second kappa shape index (κ2) is 7.99. The van der Waals surface area contributed by atoms with Crippen molar-refractivity contribution in [3.05, 3.63) is 71.4 Å². The first-order valence-electron chi connectivity index (χ1n) is 9.03. The first kappa shape index (κ1) is 20.5. The lowest BCUT2D eigenvalue weighted by Gasteiger charge is -2.13. The summed E-state index contributed by atoms with van der Waals surface area (Å²) in [5.41, 5.74) is 4.96. The largest absolute Gasteiger partial charge is 0.508 e. The van der Waals surface area contributed by atoms with Crippen molar-refractivity contribution >= 4 is 22.4 Å². The minimum absolute atomic E-state index is 0. The average Bonchev–Trinajstić information content (AvgIpc) is 2.90. The number of aromatic hydroxyl groups is 1. The van der Waals surface area contributed by atoms with E-state index in [1.807, 2.05) is 25.2 Å². The van der Waals surface area contributed by atoms with Crippen LogP contribution >= 0.6 is 12.4 Å². The molecule has 1 aromatic heterocycles. The van der Waals surface area contributed by atoms with Gasteiger partial charge in [-0.05, 0) is 55.1 Å². The number of benzene rings is 2. The SMILES string of the molecule is CNCc1cn(S(=O)(=O)c2cccc(O)c2)c2c1CCCc1ccccc1-2.Cl. The second-order valence-corrected chi connectivity index (χ2v) is 8.64. The lowest BCUT2D eigenvalue weighted by molar-refractivity contribution is 0.473. The number of nitrogens with zero attached hydrogens (tertiary/aromatic N) is 1. The van der Waals surface area contributed by atoms with Crippen LogP contribution in [0.2, 0.25) is 0 Å². The van der Waals surface area contributed by atoms with Gasteiger partial charge in [0.2, 0.25) is 0 Å². The van der Waals surface area contributed by atoms with Crippen molar-refractivity contribution in [2.24, 2.45) is 0 Å². The molecule has 7 heteroatoms. The lowest BCUT2D eigenvalue weighted by Crippen LogP contribution is -2.14. The minimum atomic E-state index is -3.83. The molecule has 0 saturated heterocycles.